The van der Waals surface area contributed by atoms with E-state index in [1.165, 1.54) is 22.4 Å². The quantitative estimate of drug-likeness (QED) is 0.337. The highest BCUT2D eigenvalue weighted by molar-refractivity contribution is 9.10. The first-order chi connectivity index (χ1) is 14.1. The van der Waals surface area contributed by atoms with Crippen LogP contribution in [0.15, 0.2) is 76.0 Å². The second-order valence-electron chi connectivity index (χ2n) is 7.17. The van der Waals surface area contributed by atoms with E-state index >= 15 is 0 Å². The van der Waals surface area contributed by atoms with Crippen molar-refractivity contribution in [1.29, 1.82) is 0 Å². The topological polar surface area (TPSA) is 35.1 Å². The predicted molar refractivity (Wildman–Crippen MR) is 123 cm³/mol. The molecule has 2 aromatic heterocycles. The molecule has 148 valence electrons. The molecule has 0 amide bonds. The van der Waals surface area contributed by atoms with Gasteiger partial charge in [0.15, 0.2) is 4.80 Å². The normalized spacial score (nSPS) is 11.9. The van der Waals surface area contributed by atoms with E-state index in [2.05, 4.69) is 91.7 Å². The maximum absolute atomic E-state index is 5.00. The van der Waals surface area contributed by atoms with Crippen molar-refractivity contribution in [3.05, 3.63) is 87.0 Å². The molecular formula is C23H23BrN4S. The summed E-state index contributed by atoms with van der Waals surface area (Å²) in [5.41, 5.74) is 5.89. The van der Waals surface area contributed by atoms with Crippen LogP contribution in [0.2, 0.25) is 0 Å². The Balaban J connectivity index is 1.71. The van der Waals surface area contributed by atoms with Gasteiger partial charge in [-0.1, -0.05) is 34.1 Å². The second-order valence-corrected chi connectivity index (χ2v) is 8.93. The van der Waals surface area contributed by atoms with E-state index in [1.54, 1.807) is 11.3 Å². The molecule has 6 heteroatoms. The Kier molecular flexibility index (Phi) is 6.11. The van der Waals surface area contributed by atoms with Crippen LogP contribution in [0.3, 0.4) is 0 Å². The Bertz CT molecular complexity index is 1130. The lowest BCUT2D eigenvalue weighted by molar-refractivity contribution is 0.559. The number of halogens is 1. The fraction of sp³-hybridized carbons (Fsp3) is 0.217. The number of benzene rings is 2. The van der Waals surface area contributed by atoms with Crippen LogP contribution >= 0.6 is 27.3 Å². The number of aromatic nitrogens is 3. The smallest absolute Gasteiger partial charge is 0.190 e. The highest BCUT2D eigenvalue weighted by Gasteiger charge is 2.09. The molecule has 29 heavy (non-hydrogen) atoms. The fourth-order valence-electron chi connectivity index (χ4n) is 3.44. The third-order valence-corrected chi connectivity index (χ3v) is 6.12. The molecule has 4 rings (SSSR count). The molecule has 0 fully saturated rings. The van der Waals surface area contributed by atoms with Crippen LogP contribution in [-0.4, -0.2) is 14.1 Å². The van der Waals surface area contributed by atoms with E-state index in [-0.39, 0.29) is 0 Å². The zero-order chi connectivity index (χ0) is 20.2. The number of aryl methyl sites for hydroxylation is 3. The first-order valence-electron chi connectivity index (χ1n) is 9.61. The largest absolute Gasteiger partial charge is 0.337 e. The summed E-state index contributed by atoms with van der Waals surface area (Å²) in [5, 5.41) is 2.21. The van der Waals surface area contributed by atoms with E-state index in [9.17, 15) is 0 Å². The summed E-state index contributed by atoms with van der Waals surface area (Å²) in [6, 6.07) is 14.9. The van der Waals surface area contributed by atoms with Crippen molar-refractivity contribution in [2.45, 2.75) is 33.4 Å². The number of thiazole rings is 1. The summed E-state index contributed by atoms with van der Waals surface area (Å²) >= 11 is 5.23. The van der Waals surface area contributed by atoms with Gasteiger partial charge in [0.25, 0.3) is 0 Å². The van der Waals surface area contributed by atoms with Gasteiger partial charge in [-0.05, 0) is 61.2 Å². The second kappa shape index (κ2) is 8.93. The lowest BCUT2D eigenvalue weighted by atomic mass is 10.1. The highest BCUT2D eigenvalue weighted by Crippen LogP contribution is 2.24. The third kappa shape index (κ3) is 4.95. The molecule has 0 unspecified atom stereocenters. The van der Waals surface area contributed by atoms with Crippen molar-refractivity contribution in [3.8, 4) is 11.3 Å². The average Bonchev–Trinajstić information content (AvgIpc) is 3.32. The summed E-state index contributed by atoms with van der Waals surface area (Å²) < 4.78 is 5.54. The van der Waals surface area contributed by atoms with E-state index in [4.69, 9.17) is 4.99 Å². The molecule has 0 saturated carbocycles. The molecule has 4 aromatic rings. The van der Waals surface area contributed by atoms with Gasteiger partial charge in [0.1, 0.15) is 0 Å². The molecule has 0 aliphatic rings. The number of nitrogens with zero attached hydrogens (tertiary/aromatic N) is 4. The minimum absolute atomic E-state index is 0.900. The lowest BCUT2D eigenvalue weighted by Gasteiger charge is -2.10. The first kappa shape index (κ1) is 19.9. The maximum Gasteiger partial charge on any atom is 0.190 e. The Morgan fingerprint density at radius 1 is 1.03 bits per heavy atom. The molecule has 2 aromatic carbocycles. The van der Waals surface area contributed by atoms with Gasteiger partial charge < -0.3 is 9.13 Å². The van der Waals surface area contributed by atoms with Gasteiger partial charge in [0.2, 0.25) is 0 Å². The van der Waals surface area contributed by atoms with Crippen LogP contribution in [-0.2, 0) is 13.1 Å². The van der Waals surface area contributed by atoms with Crippen LogP contribution in [0.25, 0.3) is 11.3 Å². The zero-order valence-corrected chi connectivity index (χ0v) is 18.9. The van der Waals surface area contributed by atoms with Gasteiger partial charge in [-0.2, -0.15) is 0 Å². The third-order valence-electron chi connectivity index (χ3n) is 4.73. The summed E-state index contributed by atoms with van der Waals surface area (Å²) in [6.45, 7) is 6.07. The Labute approximate surface area is 183 Å². The van der Waals surface area contributed by atoms with Crippen LogP contribution in [0.5, 0.6) is 0 Å². The monoisotopic (exact) mass is 466 g/mol. The van der Waals surface area contributed by atoms with Gasteiger partial charge in [-0.25, -0.2) is 9.98 Å². The minimum Gasteiger partial charge on any atom is -0.337 e. The molecule has 0 aliphatic heterocycles. The molecule has 0 bridgehead atoms. The van der Waals surface area contributed by atoms with Crippen molar-refractivity contribution in [2.24, 2.45) is 4.99 Å². The highest BCUT2D eigenvalue weighted by atomic mass is 79.9. The molecule has 0 aliphatic carbocycles. The number of hydrogen-bond donors (Lipinski definition) is 0. The predicted octanol–water partition coefficient (Wildman–Crippen LogP) is 6.12. The molecule has 0 N–H and O–H groups in total. The van der Waals surface area contributed by atoms with Crippen molar-refractivity contribution in [1.82, 2.24) is 14.1 Å². The SMILES string of the molecule is Cc1cc(C)cc(N=c2scc(-c3ccc(Br)cc3)n2CCCn2ccnc2)c1. The van der Waals surface area contributed by atoms with Crippen molar-refractivity contribution in [3.63, 3.8) is 0 Å². The number of hydrogen-bond acceptors (Lipinski definition) is 3. The fourth-order valence-corrected chi connectivity index (χ4v) is 4.66. The maximum atomic E-state index is 5.00. The van der Waals surface area contributed by atoms with Crippen LogP contribution in [0.1, 0.15) is 17.5 Å². The molecule has 2 heterocycles. The van der Waals surface area contributed by atoms with Crippen LogP contribution < -0.4 is 4.80 Å². The van der Waals surface area contributed by atoms with Gasteiger partial charge in [0.05, 0.1) is 17.7 Å². The minimum atomic E-state index is 0.900. The standard InChI is InChI=1S/C23H23BrN4S/c1-17-12-18(2)14-21(13-17)26-23-28(10-3-9-27-11-8-25-16-27)22(15-29-23)19-4-6-20(24)7-5-19/h4-8,11-16H,3,9-10H2,1-2H3. The Morgan fingerprint density at radius 3 is 2.48 bits per heavy atom. The van der Waals surface area contributed by atoms with Crippen molar-refractivity contribution >= 4 is 33.0 Å². The molecular weight excluding hydrogens is 444 g/mol. The van der Waals surface area contributed by atoms with E-state index in [0.717, 1.165) is 34.5 Å². The average molecular weight is 467 g/mol. The van der Waals surface area contributed by atoms with Gasteiger partial charge in [0, 0.05) is 35.3 Å². The van der Waals surface area contributed by atoms with Crippen molar-refractivity contribution in [2.75, 3.05) is 0 Å². The Morgan fingerprint density at radius 2 is 1.79 bits per heavy atom. The molecule has 0 atom stereocenters. The lowest BCUT2D eigenvalue weighted by Crippen LogP contribution is -2.17. The summed E-state index contributed by atoms with van der Waals surface area (Å²) in [7, 11) is 0. The number of imidazole rings is 1. The summed E-state index contributed by atoms with van der Waals surface area (Å²) in [6.07, 6.45) is 6.71. The summed E-state index contributed by atoms with van der Waals surface area (Å²) in [5.74, 6) is 0. The van der Waals surface area contributed by atoms with E-state index in [1.807, 2.05) is 18.7 Å². The zero-order valence-electron chi connectivity index (χ0n) is 16.5. The van der Waals surface area contributed by atoms with Crippen LogP contribution in [0.4, 0.5) is 5.69 Å². The van der Waals surface area contributed by atoms with Crippen LogP contribution in [0, 0.1) is 13.8 Å². The van der Waals surface area contributed by atoms with E-state index < -0.39 is 0 Å². The van der Waals surface area contributed by atoms with Crippen molar-refractivity contribution < 1.29 is 0 Å². The van der Waals surface area contributed by atoms with E-state index in [0.29, 0.717) is 0 Å². The van der Waals surface area contributed by atoms with Gasteiger partial charge >= 0.3 is 0 Å². The first-order valence-corrected chi connectivity index (χ1v) is 11.3. The molecule has 0 saturated heterocycles. The van der Waals surface area contributed by atoms with Gasteiger partial charge in [-0.15, -0.1) is 11.3 Å². The molecule has 0 spiro atoms. The summed E-state index contributed by atoms with van der Waals surface area (Å²) in [4.78, 5) is 10.2. The number of rotatable bonds is 6. The Hall–Kier alpha value is -2.44. The molecule has 4 nitrogen and oxygen atoms in total. The molecule has 0 radical (unpaired) electrons. The van der Waals surface area contributed by atoms with Gasteiger partial charge in [-0.3, -0.25) is 0 Å².